The molecule has 0 amide bonds. The van der Waals surface area contributed by atoms with Crippen molar-refractivity contribution < 1.29 is 9.90 Å². The lowest BCUT2D eigenvalue weighted by molar-refractivity contribution is 0.0697. The number of benzene rings is 2. The number of hydrogen-bond donors (Lipinski definition) is 2. The van der Waals surface area contributed by atoms with E-state index >= 15 is 0 Å². The Morgan fingerprint density at radius 1 is 1.14 bits per heavy atom. The van der Waals surface area contributed by atoms with Gasteiger partial charge in [0.05, 0.1) is 11.3 Å². The zero-order valence-corrected chi connectivity index (χ0v) is 12.3. The monoisotopic (exact) mass is 284 g/mol. The number of aromatic carboxylic acids is 1. The second-order valence-electron chi connectivity index (χ2n) is 5.11. The van der Waals surface area contributed by atoms with Gasteiger partial charge < -0.3 is 15.7 Å². The van der Waals surface area contributed by atoms with Gasteiger partial charge in [-0.15, -0.1) is 0 Å². The maximum atomic E-state index is 11.3. The van der Waals surface area contributed by atoms with Gasteiger partial charge in [0.2, 0.25) is 0 Å². The van der Waals surface area contributed by atoms with Crippen molar-refractivity contribution in [2.75, 3.05) is 17.7 Å². The van der Waals surface area contributed by atoms with E-state index in [0.717, 1.165) is 12.0 Å². The number of anilines is 2. The van der Waals surface area contributed by atoms with Crippen LogP contribution in [0.1, 0.15) is 28.4 Å². The zero-order valence-electron chi connectivity index (χ0n) is 12.3. The molecular weight excluding hydrogens is 264 g/mol. The molecule has 2 rings (SSSR count). The number of nitrogen functional groups attached to an aromatic ring is 1. The molecule has 0 saturated heterocycles. The van der Waals surface area contributed by atoms with Crippen LogP contribution in [0.3, 0.4) is 0 Å². The molecule has 2 aromatic rings. The van der Waals surface area contributed by atoms with Gasteiger partial charge >= 0.3 is 5.97 Å². The van der Waals surface area contributed by atoms with E-state index in [1.165, 1.54) is 11.6 Å². The molecule has 0 heterocycles. The van der Waals surface area contributed by atoms with E-state index in [-0.39, 0.29) is 5.56 Å². The Balaban J connectivity index is 2.23. The molecular formula is C17H20N2O2. The summed E-state index contributed by atoms with van der Waals surface area (Å²) in [5, 5.41) is 9.29. The van der Waals surface area contributed by atoms with Crippen LogP contribution >= 0.6 is 0 Å². The van der Waals surface area contributed by atoms with Gasteiger partial charge in [-0.3, -0.25) is 0 Å². The fourth-order valence-electron chi connectivity index (χ4n) is 2.30. The van der Waals surface area contributed by atoms with Gasteiger partial charge in [0, 0.05) is 19.3 Å². The number of nitrogens with two attached hydrogens (primary N) is 1. The first kappa shape index (κ1) is 14.9. The van der Waals surface area contributed by atoms with Crippen LogP contribution in [0.5, 0.6) is 0 Å². The van der Waals surface area contributed by atoms with Gasteiger partial charge in [-0.25, -0.2) is 4.79 Å². The molecule has 21 heavy (non-hydrogen) atoms. The van der Waals surface area contributed by atoms with E-state index in [2.05, 4.69) is 31.2 Å². The topological polar surface area (TPSA) is 66.6 Å². The fraction of sp³-hybridized carbons (Fsp3) is 0.235. The van der Waals surface area contributed by atoms with Crippen molar-refractivity contribution >= 4 is 17.3 Å². The van der Waals surface area contributed by atoms with Crippen molar-refractivity contribution in [3.63, 3.8) is 0 Å². The Morgan fingerprint density at radius 2 is 1.76 bits per heavy atom. The van der Waals surface area contributed by atoms with Crippen molar-refractivity contribution in [1.29, 1.82) is 0 Å². The predicted octanol–water partition coefficient (Wildman–Crippen LogP) is 3.17. The molecule has 0 atom stereocenters. The summed E-state index contributed by atoms with van der Waals surface area (Å²) in [5.74, 6) is -0.967. The first-order chi connectivity index (χ1) is 10.0. The Hall–Kier alpha value is -2.49. The van der Waals surface area contributed by atoms with Gasteiger partial charge in [0.15, 0.2) is 0 Å². The normalized spacial score (nSPS) is 10.4. The summed E-state index contributed by atoms with van der Waals surface area (Å²) < 4.78 is 0. The van der Waals surface area contributed by atoms with Crippen LogP contribution in [0.15, 0.2) is 42.5 Å². The molecule has 2 aromatic carbocycles. The van der Waals surface area contributed by atoms with Crippen molar-refractivity contribution in [3.8, 4) is 0 Å². The van der Waals surface area contributed by atoms with Crippen LogP contribution in [0, 0.1) is 0 Å². The molecule has 0 aromatic heterocycles. The van der Waals surface area contributed by atoms with Crippen LogP contribution in [0.4, 0.5) is 11.4 Å². The second-order valence-corrected chi connectivity index (χ2v) is 5.11. The minimum atomic E-state index is -0.967. The second kappa shape index (κ2) is 6.31. The van der Waals surface area contributed by atoms with Crippen LogP contribution in [0.2, 0.25) is 0 Å². The summed E-state index contributed by atoms with van der Waals surface area (Å²) >= 11 is 0. The van der Waals surface area contributed by atoms with E-state index < -0.39 is 5.97 Å². The molecule has 0 aliphatic rings. The van der Waals surface area contributed by atoms with Crippen molar-refractivity contribution in [1.82, 2.24) is 0 Å². The molecule has 0 saturated carbocycles. The van der Waals surface area contributed by atoms with Gasteiger partial charge in [-0.05, 0) is 35.7 Å². The van der Waals surface area contributed by atoms with Gasteiger partial charge in [-0.1, -0.05) is 31.2 Å². The highest BCUT2D eigenvalue weighted by atomic mass is 16.4. The largest absolute Gasteiger partial charge is 0.478 e. The molecule has 3 N–H and O–H groups in total. The molecule has 0 aliphatic carbocycles. The van der Waals surface area contributed by atoms with E-state index in [4.69, 9.17) is 5.73 Å². The number of aryl methyl sites for hydroxylation is 1. The van der Waals surface area contributed by atoms with Crippen molar-refractivity contribution in [2.24, 2.45) is 0 Å². The third-order valence-electron chi connectivity index (χ3n) is 3.51. The van der Waals surface area contributed by atoms with Crippen molar-refractivity contribution in [2.45, 2.75) is 19.9 Å². The maximum Gasteiger partial charge on any atom is 0.337 e. The van der Waals surface area contributed by atoms with Crippen LogP contribution in [-0.4, -0.2) is 18.1 Å². The summed E-state index contributed by atoms with van der Waals surface area (Å²) in [7, 11) is 1.88. The first-order valence-corrected chi connectivity index (χ1v) is 6.93. The van der Waals surface area contributed by atoms with Gasteiger partial charge in [0.1, 0.15) is 0 Å². The Labute approximate surface area is 124 Å². The molecule has 0 spiro atoms. The highest BCUT2D eigenvalue weighted by molar-refractivity contribution is 5.95. The minimum Gasteiger partial charge on any atom is -0.478 e. The first-order valence-electron chi connectivity index (χ1n) is 6.93. The number of hydrogen-bond acceptors (Lipinski definition) is 3. The molecule has 4 nitrogen and oxygen atoms in total. The molecule has 0 aliphatic heterocycles. The predicted molar refractivity (Wildman–Crippen MR) is 85.7 cm³/mol. The smallest absolute Gasteiger partial charge is 0.337 e. The van der Waals surface area contributed by atoms with Crippen LogP contribution < -0.4 is 10.6 Å². The highest BCUT2D eigenvalue weighted by Crippen LogP contribution is 2.24. The maximum absolute atomic E-state index is 11.3. The molecule has 110 valence electrons. The zero-order chi connectivity index (χ0) is 15.4. The summed E-state index contributed by atoms with van der Waals surface area (Å²) in [6.45, 7) is 2.77. The Kier molecular flexibility index (Phi) is 4.48. The van der Waals surface area contributed by atoms with Crippen LogP contribution in [0.25, 0.3) is 0 Å². The standard InChI is InChI=1S/C17H20N2O2/c1-3-12-4-6-13(7-5-12)11-19(2)16-9-8-14(18)10-15(16)17(20)21/h4-10H,3,11,18H2,1-2H3,(H,20,21). The average Bonchev–Trinajstić information content (AvgIpc) is 2.47. The van der Waals surface area contributed by atoms with E-state index in [1.807, 2.05) is 11.9 Å². The molecule has 0 bridgehead atoms. The number of carboxylic acids is 1. The SMILES string of the molecule is CCc1ccc(CN(C)c2ccc(N)cc2C(=O)O)cc1. The Morgan fingerprint density at radius 3 is 2.33 bits per heavy atom. The lowest BCUT2D eigenvalue weighted by atomic mass is 10.1. The van der Waals surface area contributed by atoms with Gasteiger partial charge in [-0.2, -0.15) is 0 Å². The third kappa shape index (κ3) is 3.54. The van der Waals surface area contributed by atoms with Crippen LogP contribution in [-0.2, 0) is 13.0 Å². The lowest BCUT2D eigenvalue weighted by Gasteiger charge is -2.21. The fourth-order valence-corrected chi connectivity index (χ4v) is 2.30. The summed E-state index contributed by atoms with van der Waals surface area (Å²) in [4.78, 5) is 13.3. The number of carbonyl (C=O) groups is 1. The van der Waals surface area contributed by atoms with Gasteiger partial charge in [0.25, 0.3) is 0 Å². The Bertz CT molecular complexity index is 636. The molecule has 0 radical (unpaired) electrons. The molecule has 0 fully saturated rings. The highest BCUT2D eigenvalue weighted by Gasteiger charge is 2.14. The lowest BCUT2D eigenvalue weighted by Crippen LogP contribution is -2.19. The molecule has 0 unspecified atom stereocenters. The average molecular weight is 284 g/mol. The summed E-state index contributed by atoms with van der Waals surface area (Å²) in [6, 6.07) is 13.3. The summed E-state index contributed by atoms with van der Waals surface area (Å²) in [6.07, 6.45) is 1.01. The van der Waals surface area contributed by atoms with E-state index in [9.17, 15) is 9.90 Å². The number of nitrogens with zero attached hydrogens (tertiary/aromatic N) is 1. The van der Waals surface area contributed by atoms with E-state index in [1.54, 1.807) is 12.1 Å². The quantitative estimate of drug-likeness (QED) is 0.828. The summed E-state index contributed by atoms with van der Waals surface area (Å²) in [5.41, 5.74) is 9.44. The van der Waals surface area contributed by atoms with E-state index in [0.29, 0.717) is 17.9 Å². The number of carboxylic acid groups (broad SMARTS) is 1. The molecule has 4 heteroatoms. The third-order valence-corrected chi connectivity index (χ3v) is 3.51. The number of rotatable bonds is 5. The minimum absolute atomic E-state index is 0.225. The van der Waals surface area contributed by atoms with Crippen molar-refractivity contribution in [3.05, 3.63) is 59.2 Å².